The van der Waals surface area contributed by atoms with Crippen LogP contribution < -0.4 is 5.73 Å². The lowest BCUT2D eigenvalue weighted by atomic mass is 10.2. The fourth-order valence-electron chi connectivity index (χ4n) is 2.21. The second kappa shape index (κ2) is 5.56. The monoisotopic (exact) mass is 268 g/mol. The Labute approximate surface area is 116 Å². The maximum Gasteiger partial charge on any atom is 0.132 e. The van der Waals surface area contributed by atoms with Gasteiger partial charge in [0.2, 0.25) is 0 Å². The van der Waals surface area contributed by atoms with E-state index >= 15 is 0 Å². The van der Waals surface area contributed by atoms with Gasteiger partial charge in [0.15, 0.2) is 0 Å². The van der Waals surface area contributed by atoms with Crippen LogP contribution in [-0.2, 0) is 13.0 Å². The molecule has 3 aromatic rings. The maximum atomic E-state index is 5.92. The van der Waals surface area contributed by atoms with Crippen LogP contribution in [0.4, 0.5) is 5.82 Å². The minimum absolute atomic E-state index is 0.528. The van der Waals surface area contributed by atoms with Crippen molar-refractivity contribution in [2.45, 2.75) is 19.4 Å². The molecule has 3 rings (SSSR count). The first-order valence-corrected chi connectivity index (χ1v) is 6.54. The standard InChI is InChI=1S/C14H16N6/c15-14-11(3-1-5-19-14)12-9-16-10-20(12)8-2-4-13-17-6-7-18-13/h1,3,5-7,9-10H,2,4,8H2,(H2,15,19)(H,17,18). The Balaban J connectivity index is 1.72. The van der Waals surface area contributed by atoms with Gasteiger partial charge in [-0.3, -0.25) is 0 Å². The third-order valence-electron chi connectivity index (χ3n) is 3.19. The molecular weight excluding hydrogens is 252 g/mol. The number of aromatic amines is 1. The molecule has 0 bridgehead atoms. The molecule has 0 unspecified atom stereocenters. The molecule has 20 heavy (non-hydrogen) atoms. The molecule has 0 amide bonds. The predicted molar refractivity (Wildman–Crippen MR) is 76.8 cm³/mol. The third kappa shape index (κ3) is 2.54. The molecule has 0 spiro atoms. The van der Waals surface area contributed by atoms with Crippen LogP contribution >= 0.6 is 0 Å². The highest BCUT2D eigenvalue weighted by Gasteiger charge is 2.08. The molecule has 0 aliphatic carbocycles. The van der Waals surface area contributed by atoms with Crippen LogP contribution in [0.2, 0.25) is 0 Å². The number of nitrogens with zero attached hydrogens (tertiary/aromatic N) is 4. The molecule has 0 saturated carbocycles. The van der Waals surface area contributed by atoms with E-state index in [1.54, 1.807) is 12.4 Å². The lowest BCUT2D eigenvalue weighted by Gasteiger charge is -2.09. The second-order valence-electron chi connectivity index (χ2n) is 4.55. The average Bonchev–Trinajstić information content (AvgIpc) is 3.11. The zero-order chi connectivity index (χ0) is 13.8. The molecule has 0 aliphatic heterocycles. The van der Waals surface area contributed by atoms with E-state index < -0.39 is 0 Å². The van der Waals surface area contributed by atoms with E-state index in [4.69, 9.17) is 5.73 Å². The van der Waals surface area contributed by atoms with Crippen molar-refractivity contribution >= 4 is 5.82 Å². The van der Waals surface area contributed by atoms with E-state index in [0.717, 1.165) is 36.5 Å². The van der Waals surface area contributed by atoms with Crippen LogP contribution in [0, 0.1) is 0 Å². The fourth-order valence-corrected chi connectivity index (χ4v) is 2.21. The number of nitrogen functional groups attached to an aromatic ring is 1. The number of hydrogen-bond acceptors (Lipinski definition) is 4. The van der Waals surface area contributed by atoms with Crippen LogP contribution in [0.3, 0.4) is 0 Å². The molecule has 3 heterocycles. The van der Waals surface area contributed by atoms with Gasteiger partial charge in [0.05, 0.1) is 18.2 Å². The second-order valence-corrected chi connectivity index (χ2v) is 4.55. The molecule has 3 N–H and O–H groups in total. The van der Waals surface area contributed by atoms with Crippen LogP contribution in [0.5, 0.6) is 0 Å². The van der Waals surface area contributed by atoms with Crippen LogP contribution in [-0.4, -0.2) is 24.5 Å². The van der Waals surface area contributed by atoms with Gasteiger partial charge in [-0.2, -0.15) is 0 Å². The Bertz CT molecular complexity index is 671. The van der Waals surface area contributed by atoms with E-state index in [2.05, 4.69) is 24.5 Å². The van der Waals surface area contributed by atoms with Crippen LogP contribution in [0.1, 0.15) is 12.2 Å². The largest absolute Gasteiger partial charge is 0.383 e. The summed E-state index contributed by atoms with van der Waals surface area (Å²) in [6, 6.07) is 3.84. The number of aryl methyl sites for hydroxylation is 2. The van der Waals surface area contributed by atoms with Crippen molar-refractivity contribution in [1.29, 1.82) is 0 Å². The summed E-state index contributed by atoms with van der Waals surface area (Å²) in [5.41, 5.74) is 7.83. The van der Waals surface area contributed by atoms with Crippen molar-refractivity contribution < 1.29 is 0 Å². The summed E-state index contributed by atoms with van der Waals surface area (Å²) in [7, 11) is 0. The Morgan fingerprint density at radius 2 is 2.20 bits per heavy atom. The highest BCUT2D eigenvalue weighted by molar-refractivity contribution is 5.70. The summed E-state index contributed by atoms with van der Waals surface area (Å²) in [5.74, 6) is 1.54. The maximum absolute atomic E-state index is 5.92. The van der Waals surface area contributed by atoms with E-state index in [0.29, 0.717) is 5.82 Å². The molecule has 6 heteroatoms. The Hall–Kier alpha value is -2.63. The number of nitrogens with one attached hydrogen (secondary N) is 1. The van der Waals surface area contributed by atoms with Crippen LogP contribution in [0.15, 0.2) is 43.2 Å². The highest BCUT2D eigenvalue weighted by Crippen LogP contribution is 2.23. The zero-order valence-corrected chi connectivity index (χ0v) is 11.0. The van der Waals surface area contributed by atoms with E-state index in [9.17, 15) is 0 Å². The SMILES string of the molecule is Nc1ncccc1-c1cncn1CCCc1ncc[nH]1. The molecule has 6 nitrogen and oxygen atoms in total. The zero-order valence-electron chi connectivity index (χ0n) is 11.0. The van der Waals surface area contributed by atoms with Crippen molar-refractivity contribution in [1.82, 2.24) is 24.5 Å². The van der Waals surface area contributed by atoms with Crippen molar-refractivity contribution in [3.05, 3.63) is 49.1 Å². The number of imidazole rings is 2. The molecule has 0 saturated heterocycles. The molecule has 0 radical (unpaired) electrons. The molecule has 0 fully saturated rings. The summed E-state index contributed by atoms with van der Waals surface area (Å²) < 4.78 is 2.09. The lowest BCUT2D eigenvalue weighted by molar-refractivity contribution is 0.635. The van der Waals surface area contributed by atoms with E-state index in [1.807, 2.05) is 30.9 Å². The Morgan fingerprint density at radius 1 is 1.25 bits per heavy atom. The fraction of sp³-hybridized carbons (Fsp3) is 0.214. The number of nitrogens with two attached hydrogens (primary N) is 1. The van der Waals surface area contributed by atoms with Gasteiger partial charge in [-0.25, -0.2) is 15.0 Å². The van der Waals surface area contributed by atoms with Crippen molar-refractivity contribution in [3.63, 3.8) is 0 Å². The first-order valence-electron chi connectivity index (χ1n) is 6.54. The van der Waals surface area contributed by atoms with Gasteiger partial charge in [-0.15, -0.1) is 0 Å². The Kier molecular flexibility index (Phi) is 3.45. The van der Waals surface area contributed by atoms with Crippen LogP contribution in [0.25, 0.3) is 11.3 Å². The first kappa shape index (κ1) is 12.4. The number of hydrogen-bond donors (Lipinski definition) is 2. The van der Waals surface area contributed by atoms with Gasteiger partial charge >= 0.3 is 0 Å². The summed E-state index contributed by atoms with van der Waals surface area (Å²) in [6.45, 7) is 0.865. The quantitative estimate of drug-likeness (QED) is 0.740. The molecule has 0 aromatic carbocycles. The van der Waals surface area contributed by atoms with Crippen molar-refractivity contribution in [2.24, 2.45) is 0 Å². The van der Waals surface area contributed by atoms with Gasteiger partial charge < -0.3 is 15.3 Å². The summed E-state index contributed by atoms with van der Waals surface area (Å²) in [5, 5.41) is 0. The lowest BCUT2D eigenvalue weighted by Crippen LogP contribution is -2.03. The minimum atomic E-state index is 0.528. The van der Waals surface area contributed by atoms with Gasteiger partial charge in [0, 0.05) is 37.1 Å². The van der Waals surface area contributed by atoms with Gasteiger partial charge in [0.1, 0.15) is 11.6 Å². The Morgan fingerprint density at radius 3 is 3.00 bits per heavy atom. The van der Waals surface area contributed by atoms with Crippen molar-refractivity contribution in [3.8, 4) is 11.3 Å². The van der Waals surface area contributed by atoms with Gasteiger partial charge in [0.25, 0.3) is 0 Å². The normalized spacial score (nSPS) is 10.8. The van der Waals surface area contributed by atoms with E-state index in [1.165, 1.54) is 0 Å². The molecule has 3 aromatic heterocycles. The number of H-pyrrole nitrogens is 1. The molecule has 0 aliphatic rings. The highest BCUT2D eigenvalue weighted by atomic mass is 15.0. The molecule has 102 valence electrons. The van der Waals surface area contributed by atoms with Crippen molar-refractivity contribution in [2.75, 3.05) is 5.73 Å². The number of rotatable bonds is 5. The molecule has 0 atom stereocenters. The summed E-state index contributed by atoms with van der Waals surface area (Å²) in [6.07, 6.45) is 10.8. The number of anilines is 1. The average molecular weight is 268 g/mol. The number of aromatic nitrogens is 5. The van der Waals surface area contributed by atoms with Gasteiger partial charge in [-0.05, 0) is 18.6 Å². The smallest absolute Gasteiger partial charge is 0.132 e. The van der Waals surface area contributed by atoms with Gasteiger partial charge in [-0.1, -0.05) is 0 Å². The third-order valence-corrected chi connectivity index (χ3v) is 3.19. The topological polar surface area (TPSA) is 85.4 Å². The predicted octanol–water partition coefficient (Wildman–Crippen LogP) is 1.88. The van der Waals surface area contributed by atoms with E-state index in [-0.39, 0.29) is 0 Å². The molecular formula is C14H16N6. The summed E-state index contributed by atoms with van der Waals surface area (Å²) in [4.78, 5) is 15.7. The number of pyridine rings is 1. The first-order chi connectivity index (χ1) is 9.84. The minimum Gasteiger partial charge on any atom is -0.383 e. The summed E-state index contributed by atoms with van der Waals surface area (Å²) >= 11 is 0.